The molecule has 0 aliphatic carbocycles. The van der Waals surface area contributed by atoms with Crippen molar-refractivity contribution >= 4 is 17.4 Å². The van der Waals surface area contributed by atoms with Gasteiger partial charge < -0.3 is 5.32 Å². The number of carbonyl (C=O) groups is 2. The van der Waals surface area contributed by atoms with E-state index in [9.17, 15) is 9.59 Å². The Labute approximate surface area is 125 Å². The molecule has 3 heteroatoms. The van der Waals surface area contributed by atoms with Crippen LogP contribution in [0.4, 0.5) is 5.69 Å². The van der Waals surface area contributed by atoms with E-state index < -0.39 is 0 Å². The largest absolute Gasteiger partial charge is 0.326 e. The molecule has 0 spiro atoms. The molecular weight excluding hydrogens is 262 g/mol. The second-order valence-electron chi connectivity index (χ2n) is 5.26. The highest BCUT2D eigenvalue weighted by molar-refractivity contribution is 5.88. The fourth-order valence-corrected chi connectivity index (χ4v) is 2.13. The van der Waals surface area contributed by atoms with Crippen LogP contribution in [0.5, 0.6) is 0 Å². The summed E-state index contributed by atoms with van der Waals surface area (Å²) in [5.74, 6) is 0.0873. The number of hydrogen-bond donors (Lipinski definition) is 1. The number of amides is 1. The van der Waals surface area contributed by atoms with Gasteiger partial charge in [0.15, 0.2) is 0 Å². The first kappa shape index (κ1) is 15.0. The van der Waals surface area contributed by atoms with Gasteiger partial charge in [0.1, 0.15) is 5.78 Å². The van der Waals surface area contributed by atoms with Crippen LogP contribution >= 0.6 is 0 Å². The molecule has 2 aromatic carbocycles. The number of carbonyl (C=O) groups excluding carboxylic acids is 2. The van der Waals surface area contributed by atoms with E-state index in [1.165, 1.54) is 12.5 Å². The molecule has 21 heavy (non-hydrogen) atoms. The van der Waals surface area contributed by atoms with Crippen LogP contribution in [-0.4, -0.2) is 11.7 Å². The summed E-state index contributed by atoms with van der Waals surface area (Å²) in [5.41, 5.74) is 3.94. The number of nitrogens with one attached hydrogen (secondary N) is 1. The lowest BCUT2D eigenvalue weighted by molar-refractivity contribution is -0.118. The molecule has 2 aromatic rings. The molecular formula is C18H19NO2. The van der Waals surface area contributed by atoms with E-state index >= 15 is 0 Å². The summed E-state index contributed by atoms with van der Waals surface area (Å²) >= 11 is 0. The highest BCUT2D eigenvalue weighted by atomic mass is 16.1. The Morgan fingerprint density at radius 3 is 1.81 bits per heavy atom. The van der Waals surface area contributed by atoms with Gasteiger partial charge in [-0.1, -0.05) is 42.0 Å². The van der Waals surface area contributed by atoms with Gasteiger partial charge in [-0.2, -0.15) is 0 Å². The Balaban J connectivity index is 1.93. The Bertz CT molecular complexity index is 627. The maximum Gasteiger partial charge on any atom is 0.221 e. The van der Waals surface area contributed by atoms with E-state index in [0.717, 1.165) is 16.8 Å². The molecule has 3 nitrogen and oxygen atoms in total. The Morgan fingerprint density at radius 2 is 1.33 bits per heavy atom. The molecule has 0 saturated carbocycles. The average Bonchev–Trinajstić information content (AvgIpc) is 2.43. The second kappa shape index (κ2) is 6.84. The van der Waals surface area contributed by atoms with Crippen molar-refractivity contribution in [3.8, 4) is 0 Å². The van der Waals surface area contributed by atoms with Gasteiger partial charge in [0.05, 0.1) is 0 Å². The minimum atomic E-state index is -0.0989. The molecule has 1 N–H and O–H groups in total. The zero-order valence-corrected chi connectivity index (χ0v) is 12.3. The van der Waals surface area contributed by atoms with E-state index in [-0.39, 0.29) is 11.7 Å². The number of benzene rings is 2. The van der Waals surface area contributed by atoms with Crippen LogP contribution in [0.2, 0.25) is 0 Å². The van der Waals surface area contributed by atoms with E-state index in [0.29, 0.717) is 12.8 Å². The van der Waals surface area contributed by atoms with Gasteiger partial charge in [0.2, 0.25) is 5.91 Å². The predicted octanol–water partition coefficient (Wildman–Crippen LogP) is 3.31. The molecule has 0 bridgehead atoms. The standard InChI is InChI=1S/C18H19NO2/c1-13-3-5-15(6-4-13)11-18(21)12-16-7-9-17(10-8-16)19-14(2)20/h3-10H,11-12H2,1-2H3,(H,19,20). The first-order chi connectivity index (χ1) is 10.0. The molecule has 0 unspecified atom stereocenters. The van der Waals surface area contributed by atoms with Gasteiger partial charge in [0, 0.05) is 25.5 Å². The number of anilines is 1. The number of aryl methyl sites for hydroxylation is 1. The lowest BCUT2D eigenvalue weighted by atomic mass is 10.0. The molecule has 0 aliphatic heterocycles. The smallest absolute Gasteiger partial charge is 0.221 e. The van der Waals surface area contributed by atoms with E-state index in [4.69, 9.17) is 0 Å². The molecule has 0 heterocycles. The predicted molar refractivity (Wildman–Crippen MR) is 84.3 cm³/mol. The average molecular weight is 281 g/mol. The summed E-state index contributed by atoms with van der Waals surface area (Å²) in [6.07, 6.45) is 0.863. The van der Waals surface area contributed by atoms with Crippen molar-refractivity contribution < 1.29 is 9.59 Å². The van der Waals surface area contributed by atoms with Crippen LogP contribution in [0.1, 0.15) is 23.6 Å². The number of rotatable bonds is 5. The number of Topliss-reactive ketones (excluding diaryl/α,β-unsaturated/α-hetero) is 1. The molecule has 0 atom stereocenters. The normalized spacial score (nSPS) is 10.2. The first-order valence-corrected chi connectivity index (χ1v) is 6.97. The van der Waals surface area contributed by atoms with Crippen molar-refractivity contribution in [2.45, 2.75) is 26.7 Å². The summed E-state index contributed by atoms with van der Waals surface area (Å²) in [6, 6.07) is 15.4. The van der Waals surface area contributed by atoms with Gasteiger partial charge in [-0.15, -0.1) is 0 Å². The van der Waals surface area contributed by atoms with E-state index in [2.05, 4.69) is 5.32 Å². The zero-order valence-electron chi connectivity index (χ0n) is 12.3. The lowest BCUT2D eigenvalue weighted by Gasteiger charge is -2.05. The van der Waals surface area contributed by atoms with Gasteiger partial charge in [-0.05, 0) is 30.2 Å². The van der Waals surface area contributed by atoms with Gasteiger partial charge in [0.25, 0.3) is 0 Å². The fraction of sp³-hybridized carbons (Fsp3) is 0.222. The van der Waals surface area contributed by atoms with E-state index in [1.54, 1.807) is 0 Å². The quantitative estimate of drug-likeness (QED) is 0.914. The number of ketones is 1. The maximum atomic E-state index is 12.1. The van der Waals surface area contributed by atoms with Crippen molar-refractivity contribution in [2.24, 2.45) is 0 Å². The van der Waals surface area contributed by atoms with Crippen LogP contribution in [0.25, 0.3) is 0 Å². The summed E-state index contributed by atoms with van der Waals surface area (Å²) in [4.78, 5) is 23.0. The van der Waals surface area contributed by atoms with Crippen LogP contribution in [-0.2, 0) is 22.4 Å². The Morgan fingerprint density at radius 1 is 0.857 bits per heavy atom. The highest BCUT2D eigenvalue weighted by Crippen LogP contribution is 2.12. The maximum absolute atomic E-state index is 12.1. The second-order valence-corrected chi connectivity index (χ2v) is 5.26. The van der Waals surface area contributed by atoms with Crippen LogP contribution in [0.3, 0.4) is 0 Å². The summed E-state index contributed by atoms with van der Waals surface area (Å²) < 4.78 is 0. The van der Waals surface area contributed by atoms with Crippen LogP contribution in [0.15, 0.2) is 48.5 Å². The molecule has 108 valence electrons. The van der Waals surface area contributed by atoms with Crippen molar-refractivity contribution in [2.75, 3.05) is 5.32 Å². The molecule has 0 aromatic heterocycles. The van der Waals surface area contributed by atoms with Gasteiger partial charge in [-0.3, -0.25) is 9.59 Å². The van der Waals surface area contributed by atoms with Crippen molar-refractivity contribution in [3.05, 3.63) is 65.2 Å². The van der Waals surface area contributed by atoms with Crippen molar-refractivity contribution in [1.29, 1.82) is 0 Å². The molecule has 1 amide bonds. The number of hydrogen-bond acceptors (Lipinski definition) is 2. The van der Waals surface area contributed by atoms with Crippen LogP contribution < -0.4 is 5.32 Å². The SMILES string of the molecule is CC(=O)Nc1ccc(CC(=O)Cc2ccc(C)cc2)cc1. The third kappa shape index (κ3) is 4.88. The minimum absolute atomic E-state index is 0.0989. The molecule has 0 aliphatic rings. The third-order valence-corrected chi connectivity index (χ3v) is 3.20. The highest BCUT2D eigenvalue weighted by Gasteiger charge is 2.05. The zero-order chi connectivity index (χ0) is 15.2. The Kier molecular flexibility index (Phi) is 4.88. The van der Waals surface area contributed by atoms with Crippen molar-refractivity contribution in [1.82, 2.24) is 0 Å². The molecule has 0 radical (unpaired) electrons. The third-order valence-electron chi connectivity index (χ3n) is 3.20. The lowest BCUT2D eigenvalue weighted by Crippen LogP contribution is -2.08. The minimum Gasteiger partial charge on any atom is -0.326 e. The first-order valence-electron chi connectivity index (χ1n) is 6.97. The summed E-state index contributed by atoms with van der Waals surface area (Å²) in [6.45, 7) is 3.50. The van der Waals surface area contributed by atoms with E-state index in [1.807, 2.05) is 55.5 Å². The topological polar surface area (TPSA) is 46.2 Å². The van der Waals surface area contributed by atoms with Crippen molar-refractivity contribution in [3.63, 3.8) is 0 Å². The summed E-state index contributed by atoms with van der Waals surface area (Å²) in [7, 11) is 0. The monoisotopic (exact) mass is 281 g/mol. The fourth-order valence-electron chi connectivity index (χ4n) is 2.13. The Hall–Kier alpha value is -2.42. The molecule has 0 saturated heterocycles. The molecule has 2 rings (SSSR count). The van der Waals surface area contributed by atoms with Gasteiger partial charge in [-0.25, -0.2) is 0 Å². The summed E-state index contributed by atoms with van der Waals surface area (Å²) in [5, 5.41) is 2.71. The van der Waals surface area contributed by atoms with Crippen LogP contribution in [0, 0.1) is 6.92 Å². The van der Waals surface area contributed by atoms with Gasteiger partial charge >= 0.3 is 0 Å². The molecule has 0 fully saturated rings.